The van der Waals surface area contributed by atoms with E-state index in [2.05, 4.69) is 5.32 Å². The number of carbonyl (C=O) groups is 2. The molecule has 1 aliphatic carbocycles. The Labute approximate surface area is 247 Å². The molecule has 10 heteroatoms. The molecule has 0 spiro atoms. The molecule has 0 heterocycles. The van der Waals surface area contributed by atoms with E-state index in [-0.39, 0.29) is 29.1 Å². The van der Waals surface area contributed by atoms with Gasteiger partial charge in [0.2, 0.25) is 11.8 Å². The summed E-state index contributed by atoms with van der Waals surface area (Å²) in [6.45, 7) is 1.26. The number of ether oxygens (including phenoxy) is 1. The maximum Gasteiger partial charge on any atom is 0.264 e. The fourth-order valence-corrected chi connectivity index (χ4v) is 6.57. The Bertz CT molecular complexity index is 1430. The van der Waals surface area contributed by atoms with Gasteiger partial charge in [-0.05, 0) is 67.8 Å². The fourth-order valence-electron chi connectivity index (χ4n) is 4.96. The highest BCUT2D eigenvalue weighted by atomic mass is 35.5. The Morgan fingerprint density at radius 2 is 1.66 bits per heavy atom. The average Bonchev–Trinajstić information content (AvgIpc) is 2.99. The average molecular weight is 598 g/mol. The Morgan fingerprint density at radius 1 is 0.976 bits per heavy atom. The summed E-state index contributed by atoms with van der Waals surface area (Å²) in [6, 6.07) is 20.7. The second kappa shape index (κ2) is 13.9. The molecule has 4 rings (SSSR count). The van der Waals surface area contributed by atoms with Crippen molar-refractivity contribution in [2.24, 2.45) is 0 Å². The van der Waals surface area contributed by atoms with Crippen molar-refractivity contribution in [3.8, 4) is 5.75 Å². The quantitative estimate of drug-likeness (QED) is 0.319. The number of nitrogens with one attached hydrogen (secondary N) is 1. The molecule has 1 fully saturated rings. The SMILES string of the molecule is COc1ccc(CN(C(=O)CN(c2cccc(Cl)c2)S(=O)(=O)c2ccccc2)[C@H](C)C(=O)NC2CCCCC2)cc1. The van der Waals surface area contributed by atoms with Crippen LogP contribution in [0.5, 0.6) is 5.75 Å². The lowest BCUT2D eigenvalue weighted by molar-refractivity contribution is -0.139. The lowest BCUT2D eigenvalue weighted by atomic mass is 9.95. The summed E-state index contributed by atoms with van der Waals surface area (Å²) in [7, 11) is -2.57. The first-order valence-electron chi connectivity index (χ1n) is 13.7. The minimum atomic E-state index is -4.14. The van der Waals surface area contributed by atoms with Crippen molar-refractivity contribution in [2.45, 2.75) is 62.6 Å². The van der Waals surface area contributed by atoms with Crippen LogP contribution in [0.4, 0.5) is 5.69 Å². The first kappa shape index (κ1) is 30.4. The van der Waals surface area contributed by atoms with Crippen molar-refractivity contribution in [1.29, 1.82) is 0 Å². The van der Waals surface area contributed by atoms with Gasteiger partial charge in [0.15, 0.2) is 0 Å². The summed E-state index contributed by atoms with van der Waals surface area (Å²) >= 11 is 6.22. The van der Waals surface area contributed by atoms with Gasteiger partial charge in [0, 0.05) is 17.6 Å². The molecule has 2 amide bonds. The number of sulfonamides is 1. The normalized spacial score (nSPS) is 14.6. The highest BCUT2D eigenvalue weighted by molar-refractivity contribution is 7.92. The van der Waals surface area contributed by atoms with Crippen LogP contribution >= 0.6 is 11.6 Å². The summed E-state index contributed by atoms with van der Waals surface area (Å²) in [5.41, 5.74) is 1.02. The van der Waals surface area contributed by atoms with Gasteiger partial charge in [-0.25, -0.2) is 8.42 Å². The van der Waals surface area contributed by atoms with Gasteiger partial charge in [0.25, 0.3) is 10.0 Å². The summed E-state index contributed by atoms with van der Waals surface area (Å²) in [5, 5.41) is 3.44. The molecule has 3 aromatic carbocycles. The maximum absolute atomic E-state index is 14.0. The predicted octanol–water partition coefficient (Wildman–Crippen LogP) is 5.41. The van der Waals surface area contributed by atoms with E-state index in [9.17, 15) is 18.0 Å². The fraction of sp³-hybridized carbons (Fsp3) is 0.355. The number of amides is 2. The molecule has 1 atom stereocenters. The van der Waals surface area contributed by atoms with Crippen LogP contribution in [0.2, 0.25) is 5.02 Å². The van der Waals surface area contributed by atoms with Gasteiger partial charge in [-0.1, -0.05) is 67.3 Å². The summed E-state index contributed by atoms with van der Waals surface area (Å²) in [5.74, 6) is -0.124. The standard InChI is InChI=1S/C31H36ClN3O5S/c1-23(31(37)33-26-11-5-3-6-12-26)34(21-24-16-18-28(40-2)19-17-24)30(36)22-35(27-13-9-10-25(32)20-27)41(38,39)29-14-7-4-8-15-29/h4,7-10,13-20,23,26H,3,5-6,11-12,21-22H2,1-2H3,(H,33,37)/t23-/m1/s1. The molecule has 0 radical (unpaired) electrons. The molecule has 0 aromatic heterocycles. The van der Waals surface area contributed by atoms with Crippen LogP contribution in [0.1, 0.15) is 44.6 Å². The molecular weight excluding hydrogens is 562 g/mol. The first-order valence-corrected chi connectivity index (χ1v) is 15.6. The predicted molar refractivity (Wildman–Crippen MR) is 160 cm³/mol. The Hall–Kier alpha value is -3.56. The zero-order valence-electron chi connectivity index (χ0n) is 23.3. The van der Waals surface area contributed by atoms with Crippen LogP contribution in [0, 0.1) is 0 Å². The van der Waals surface area contributed by atoms with E-state index in [4.69, 9.17) is 16.3 Å². The van der Waals surface area contributed by atoms with Crippen molar-refractivity contribution in [3.63, 3.8) is 0 Å². The van der Waals surface area contributed by atoms with E-state index in [1.54, 1.807) is 62.6 Å². The van der Waals surface area contributed by atoms with Gasteiger partial charge in [-0.2, -0.15) is 0 Å². The zero-order chi connectivity index (χ0) is 29.4. The van der Waals surface area contributed by atoms with Crippen LogP contribution in [0.25, 0.3) is 0 Å². The minimum absolute atomic E-state index is 0.0394. The van der Waals surface area contributed by atoms with E-state index in [1.165, 1.54) is 23.1 Å². The van der Waals surface area contributed by atoms with Gasteiger partial charge in [0.05, 0.1) is 17.7 Å². The van der Waals surface area contributed by atoms with Gasteiger partial charge in [0.1, 0.15) is 18.3 Å². The number of hydrogen-bond acceptors (Lipinski definition) is 5. The Balaban J connectivity index is 1.66. The first-order chi connectivity index (χ1) is 19.7. The second-order valence-corrected chi connectivity index (χ2v) is 12.5. The number of anilines is 1. The largest absolute Gasteiger partial charge is 0.497 e. The highest BCUT2D eigenvalue weighted by Gasteiger charge is 2.33. The molecule has 0 bridgehead atoms. The van der Waals surface area contributed by atoms with Crippen LogP contribution in [0.15, 0.2) is 83.8 Å². The second-order valence-electron chi connectivity index (χ2n) is 10.2. The molecule has 0 aliphatic heterocycles. The number of benzene rings is 3. The van der Waals surface area contributed by atoms with Crippen molar-refractivity contribution in [3.05, 3.63) is 89.4 Å². The summed E-state index contributed by atoms with van der Waals surface area (Å²) in [4.78, 5) is 28.9. The zero-order valence-corrected chi connectivity index (χ0v) is 24.9. The number of carbonyl (C=O) groups excluding carboxylic acids is 2. The topological polar surface area (TPSA) is 96.0 Å². The van der Waals surface area contributed by atoms with Gasteiger partial charge in [-0.3, -0.25) is 13.9 Å². The highest BCUT2D eigenvalue weighted by Crippen LogP contribution is 2.27. The smallest absolute Gasteiger partial charge is 0.264 e. The molecular formula is C31H36ClN3O5S. The van der Waals surface area contributed by atoms with Crippen molar-refractivity contribution in [2.75, 3.05) is 18.0 Å². The number of methoxy groups -OCH3 is 1. The third-order valence-electron chi connectivity index (χ3n) is 7.34. The van der Waals surface area contributed by atoms with Crippen molar-refractivity contribution < 1.29 is 22.7 Å². The molecule has 0 saturated heterocycles. The molecule has 1 aliphatic rings. The van der Waals surface area contributed by atoms with Gasteiger partial charge >= 0.3 is 0 Å². The van der Waals surface area contributed by atoms with E-state index in [1.807, 2.05) is 12.1 Å². The van der Waals surface area contributed by atoms with Crippen LogP contribution in [-0.4, -0.2) is 50.9 Å². The molecule has 8 nitrogen and oxygen atoms in total. The summed E-state index contributed by atoms with van der Waals surface area (Å²) < 4.78 is 33.9. The monoisotopic (exact) mass is 597 g/mol. The van der Waals surface area contributed by atoms with Gasteiger partial charge in [-0.15, -0.1) is 0 Å². The molecule has 1 saturated carbocycles. The molecule has 41 heavy (non-hydrogen) atoms. The van der Waals surface area contributed by atoms with Crippen molar-refractivity contribution >= 4 is 39.1 Å². The number of rotatable bonds is 11. The molecule has 0 unspecified atom stereocenters. The maximum atomic E-state index is 14.0. The molecule has 3 aromatic rings. The lowest BCUT2D eigenvalue weighted by Crippen LogP contribution is -2.53. The number of nitrogens with zero attached hydrogens (tertiary/aromatic N) is 2. The number of halogens is 1. The van der Waals surface area contributed by atoms with Crippen LogP contribution in [0.3, 0.4) is 0 Å². The summed E-state index contributed by atoms with van der Waals surface area (Å²) in [6.07, 6.45) is 5.07. The Kier molecular flexibility index (Phi) is 10.3. The molecule has 218 valence electrons. The van der Waals surface area contributed by atoms with Crippen LogP contribution < -0.4 is 14.4 Å². The van der Waals surface area contributed by atoms with Crippen LogP contribution in [-0.2, 0) is 26.2 Å². The van der Waals surface area contributed by atoms with E-state index in [0.29, 0.717) is 10.8 Å². The van der Waals surface area contributed by atoms with Crippen molar-refractivity contribution in [1.82, 2.24) is 10.2 Å². The van der Waals surface area contributed by atoms with Gasteiger partial charge < -0.3 is 15.0 Å². The third-order valence-corrected chi connectivity index (χ3v) is 9.36. The Morgan fingerprint density at radius 3 is 2.29 bits per heavy atom. The number of hydrogen-bond donors (Lipinski definition) is 1. The van der Waals surface area contributed by atoms with E-state index in [0.717, 1.165) is 42.0 Å². The van der Waals surface area contributed by atoms with E-state index >= 15 is 0 Å². The third kappa shape index (κ3) is 7.80. The minimum Gasteiger partial charge on any atom is -0.497 e. The molecule has 1 N–H and O–H groups in total. The lowest BCUT2D eigenvalue weighted by Gasteiger charge is -2.33. The van der Waals surface area contributed by atoms with E-state index < -0.39 is 28.5 Å².